The maximum Gasteiger partial charge on any atom is 0.205 e. The number of nitrogens with one attached hydrogen (secondary N) is 2. The quantitative estimate of drug-likeness (QED) is 0.557. The third-order valence-corrected chi connectivity index (χ3v) is 4.28. The smallest absolute Gasteiger partial charge is 0.205 e. The summed E-state index contributed by atoms with van der Waals surface area (Å²) in [7, 11) is 1.63. The molecule has 0 spiro atoms. The molecule has 0 amide bonds. The lowest BCUT2D eigenvalue weighted by Gasteiger charge is -2.10. The number of aromatic nitrogens is 2. The molecule has 0 aliphatic rings. The first-order valence-electron chi connectivity index (χ1n) is 6.12. The number of hydrogen-bond donors (Lipinski definition) is 3. The number of ether oxygens (including phenoxy) is 1. The summed E-state index contributed by atoms with van der Waals surface area (Å²) in [6, 6.07) is 9.36. The Balaban J connectivity index is 1.98. The van der Waals surface area contributed by atoms with Gasteiger partial charge < -0.3 is 20.8 Å². The molecule has 0 aliphatic heterocycles. The number of halogens is 2. The van der Waals surface area contributed by atoms with Gasteiger partial charge in [0.15, 0.2) is 0 Å². The van der Waals surface area contributed by atoms with E-state index in [9.17, 15) is 0 Å². The van der Waals surface area contributed by atoms with Gasteiger partial charge in [-0.15, -0.1) is 0 Å². The monoisotopic (exact) mass is 410 g/mol. The third kappa shape index (κ3) is 2.84. The normalized spacial score (nSPS) is 10.8. The van der Waals surface area contributed by atoms with E-state index in [1.54, 1.807) is 7.11 Å². The molecule has 3 rings (SSSR count). The van der Waals surface area contributed by atoms with Crippen LogP contribution < -0.4 is 15.8 Å². The Hall–Kier alpha value is -1.73. The second-order valence-electron chi connectivity index (χ2n) is 4.45. The predicted molar refractivity (Wildman–Crippen MR) is 92.2 cm³/mol. The number of fused-ring (bicyclic) bond motifs is 1. The van der Waals surface area contributed by atoms with E-state index in [2.05, 4.69) is 47.1 Å². The van der Waals surface area contributed by atoms with Crippen molar-refractivity contribution < 1.29 is 4.74 Å². The summed E-state index contributed by atoms with van der Waals surface area (Å²) < 4.78 is 7.07. The van der Waals surface area contributed by atoms with Crippen LogP contribution >= 0.6 is 31.9 Å². The number of nitrogen functional groups attached to an aromatic ring is 1. The van der Waals surface area contributed by atoms with Crippen molar-refractivity contribution in [2.45, 2.75) is 0 Å². The highest BCUT2D eigenvalue weighted by Gasteiger charge is 2.09. The van der Waals surface area contributed by atoms with Gasteiger partial charge >= 0.3 is 0 Å². The Morgan fingerprint density at radius 2 is 2.00 bits per heavy atom. The van der Waals surface area contributed by atoms with Gasteiger partial charge in [-0.1, -0.05) is 0 Å². The number of rotatable bonds is 3. The topological polar surface area (TPSA) is 76.0 Å². The molecule has 0 saturated carbocycles. The molecule has 0 bridgehead atoms. The maximum atomic E-state index is 5.77. The van der Waals surface area contributed by atoms with E-state index >= 15 is 0 Å². The lowest BCUT2D eigenvalue weighted by molar-refractivity contribution is 0.412. The second kappa shape index (κ2) is 5.57. The van der Waals surface area contributed by atoms with Gasteiger partial charge in [-0.3, -0.25) is 0 Å². The molecule has 3 aromatic rings. The molecule has 0 fully saturated rings. The van der Waals surface area contributed by atoms with Gasteiger partial charge in [0.1, 0.15) is 5.75 Å². The lowest BCUT2D eigenvalue weighted by Crippen LogP contribution is -1.95. The van der Waals surface area contributed by atoms with E-state index in [1.165, 1.54) is 0 Å². The number of imidazole rings is 1. The highest BCUT2D eigenvalue weighted by Crippen LogP contribution is 2.35. The van der Waals surface area contributed by atoms with Crippen molar-refractivity contribution in [3.8, 4) is 5.75 Å². The van der Waals surface area contributed by atoms with E-state index in [0.717, 1.165) is 31.4 Å². The van der Waals surface area contributed by atoms with Gasteiger partial charge in [0, 0.05) is 16.2 Å². The molecular weight excluding hydrogens is 400 g/mol. The van der Waals surface area contributed by atoms with Crippen LogP contribution in [0.1, 0.15) is 0 Å². The first-order valence-corrected chi connectivity index (χ1v) is 7.70. The minimum atomic E-state index is 0.640. The molecule has 4 N–H and O–H groups in total. The average Bonchev–Trinajstić information content (AvgIpc) is 2.83. The van der Waals surface area contributed by atoms with Crippen LogP contribution in [0.15, 0.2) is 39.3 Å². The van der Waals surface area contributed by atoms with Gasteiger partial charge in [0.2, 0.25) is 5.95 Å². The van der Waals surface area contributed by atoms with Crippen molar-refractivity contribution in [1.82, 2.24) is 9.97 Å². The number of nitrogens with two attached hydrogens (primary N) is 1. The van der Waals surface area contributed by atoms with Crippen molar-refractivity contribution in [2.24, 2.45) is 0 Å². The van der Waals surface area contributed by atoms with Crippen LogP contribution in [0.25, 0.3) is 11.0 Å². The zero-order chi connectivity index (χ0) is 15.0. The van der Waals surface area contributed by atoms with Gasteiger partial charge in [-0.25, -0.2) is 4.98 Å². The molecule has 0 atom stereocenters. The first kappa shape index (κ1) is 14.2. The number of hydrogen-bond acceptors (Lipinski definition) is 4. The standard InChI is InChI=1S/C14H12Br2N4O/c1-21-13-6-11(8(15)5-9(13)16)19-14-18-10-3-2-7(17)4-12(10)20-14/h2-6H,17H2,1H3,(H2,18,19,20). The molecule has 2 aromatic carbocycles. The van der Waals surface area contributed by atoms with E-state index in [4.69, 9.17) is 10.5 Å². The number of H-pyrrole nitrogens is 1. The summed E-state index contributed by atoms with van der Waals surface area (Å²) in [4.78, 5) is 7.66. The van der Waals surface area contributed by atoms with Crippen molar-refractivity contribution in [1.29, 1.82) is 0 Å². The lowest BCUT2D eigenvalue weighted by atomic mass is 10.3. The van der Waals surface area contributed by atoms with Crippen molar-refractivity contribution >= 4 is 60.2 Å². The molecule has 0 unspecified atom stereocenters. The van der Waals surface area contributed by atoms with Crippen LogP contribution in [-0.4, -0.2) is 17.1 Å². The maximum absolute atomic E-state index is 5.77. The van der Waals surface area contributed by atoms with Gasteiger partial charge in [-0.05, 0) is 56.1 Å². The summed E-state index contributed by atoms with van der Waals surface area (Å²) >= 11 is 6.96. The number of benzene rings is 2. The van der Waals surface area contributed by atoms with Gasteiger partial charge in [0.05, 0.1) is 28.3 Å². The van der Waals surface area contributed by atoms with Crippen LogP contribution in [0.3, 0.4) is 0 Å². The number of methoxy groups -OCH3 is 1. The van der Waals surface area contributed by atoms with Crippen molar-refractivity contribution in [3.05, 3.63) is 39.3 Å². The summed E-state index contributed by atoms with van der Waals surface area (Å²) in [6.07, 6.45) is 0. The highest BCUT2D eigenvalue weighted by atomic mass is 79.9. The van der Waals surface area contributed by atoms with Crippen LogP contribution in [-0.2, 0) is 0 Å². The molecule has 0 radical (unpaired) electrons. The average molecular weight is 412 g/mol. The van der Waals surface area contributed by atoms with Crippen molar-refractivity contribution in [3.63, 3.8) is 0 Å². The van der Waals surface area contributed by atoms with E-state index in [0.29, 0.717) is 11.6 Å². The minimum absolute atomic E-state index is 0.640. The number of anilines is 3. The fourth-order valence-corrected chi connectivity index (χ4v) is 3.25. The zero-order valence-electron chi connectivity index (χ0n) is 11.1. The fraction of sp³-hybridized carbons (Fsp3) is 0.0714. The molecule has 7 heteroatoms. The van der Waals surface area contributed by atoms with Crippen molar-refractivity contribution in [2.75, 3.05) is 18.2 Å². The number of nitrogens with zero attached hydrogens (tertiary/aromatic N) is 1. The van der Waals surface area contributed by atoms with E-state index in [1.807, 2.05) is 30.3 Å². The molecule has 1 aromatic heterocycles. The fourth-order valence-electron chi connectivity index (χ4n) is 2.00. The van der Waals surface area contributed by atoms with Crippen LogP contribution in [0.4, 0.5) is 17.3 Å². The molecule has 0 saturated heterocycles. The molecular formula is C14H12Br2N4O. The Morgan fingerprint density at radius 1 is 1.19 bits per heavy atom. The Bertz CT molecular complexity index is 816. The summed E-state index contributed by atoms with van der Waals surface area (Å²) in [5, 5.41) is 3.23. The molecule has 5 nitrogen and oxygen atoms in total. The Labute approximate surface area is 138 Å². The summed E-state index contributed by atoms with van der Waals surface area (Å²) in [6.45, 7) is 0. The predicted octanol–water partition coefficient (Wildman–Crippen LogP) is 4.42. The largest absolute Gasteiger partial charge is 0.495 e. The summed E-state index contributed by atoms with van der Waals surface area (Å²) in [5.74, 6) is 1.38. The Kier molecular flexibility index (Phi) is 3.77. The third-order valence-electron chi connectivity index (χ3n) is 3.00. The molecule has 0 aliphatic carbocycles. The van der Waals surface area contributed by atoms with Gasteiger partial charge in [0.25, 0.3) is 0 Å². The van der Waals surface area contributed by atoms with Crippen LogP contribution in [0.5, 0.6) is 5.75 Å². The summed E-state index contributed by atoms with van der Waals surface area (Å²) in [5.41, 5.74) is 9.05. The SMILES string of the molecule is COc1cc(Nc2nc3ccc(N)cc3[nH]2)c(Br)cc1Br. The van der Waals surface area contributed by atoms with Gasteiger partial charge in [-0.2, -0.15) is 0 Å². The first-order chi connectivity index (χ1) is 10.1. The van der Waals surface area contributed by atoms with Crippen LogP contribution in [0.2, 0.25) is 0 Å². The van der Waals surface area contributed by atoms with E-state index < -0.39 is 0 Å². The molecule has 21 heavy (non-hydrogen) atoms. The molecule has 1 heterocycles. The highest BCUT2D eigenvalue weighted by molar-refractivity contribution is 9.11. The van der Waals surface area contributed by atoms with E-state index in [-0.39, 0.29) is 0 Å². The zero-order valence-corrected chi connectivity index (χ0v) is 14.2. The number of aromatic amines is 1. The Morgan fingerprint density at radius 3 is 2.76 bits per heavy atom. The second-order valence-corrected chi connectivity index (χ2v) is 6.16. The molecule has 108 valence electrons. The van der Waals surface area contributed by atoms with Crippen LogP contribution in [0, 0.1) is 0 Å². The minimum Gasteiger partial charge on any atom is -0.495 e.